The van der Waals surface area contributed by atoms with E-state index in [1.165, 1.54) is 5.56 Å². The molecule has 1 aromatic carbocycles. The second kappa shape index (κ2) is 6.53. The number of rotatable bonds is 4. The van der Waals surface area contributed by atoms with Gasteiger partial charge in [0.15, 0.2) is 0 Å². The summed E-state index contributed by atoms with van der Waals surface area (Å²) in [4.78, 5) is 0. The molecule has 0 bridgehead atoms. The summed E-state index contributed by atoms with van der Waals surface area (Å²) in [6.07, 6.45) is 4.23. The zero-order valence-corrected chi connectivity index (χ0v) is 11.6. The van der Waals surface area contributed by atoms with Crippen LogP contribution in [-0.2, 0) is 6.54 Å². The van der Waals surface area contributed by atoms with E-state index in [0.29, 0.717) is 0 Å². The number of halogens is 1. The fraction of sp³-hybridized carbons (Fsp3) is 0.571. The van der Waals surface area contributed by atoms with E-state index in [1.54, 1.807) is 0 Å². The van der Waals surface area contributed by atoms with Crippen molar-refractivity contribution >= 4 is 15.9 Å². The summed E-state index contributed by atoms with van der Waals surface area (Å²) < 4.78 is 1.13. The third kappa shape index (κ3) is 4.41. The molecule has 0 aromatic heterocycles. The zero-order valence-electron chi connectivity index (χ0n) is 10.0. The summed E-state index contributed by atoms with van der Waals surface area (Å²) in [5.74, 6) is 0.744. The van der Waals surface area contributed by atoms with Gasteiger partial charge in [0.25, 0.3) is 0 Å². The Morgan fingerprint density at radius 2 is 1.76 bits per heavy atom. The van der Waals surface area contributed by atoms with Crippen molar-refractivity contribution in [2.45, 2.75) is 38.3 Å². The maximum atomic E-state index is 9.43. The molecule has 94 valence electrons. The van der Waals surface area contributed by atoms with Gasteiger partial charge in [-0.15, -0.1) is 0 Å². The van der Waals surface area contributed by atoms with Crippen LogP contribution in [0.3, 0.4) is 0 Å². The lowest BCUT2D eigenvalue weighted by Crippen LogP contribution is -2.27. The predicted octanol–water partition coefficient (Wildman–Crippen LogP) is 3.09. The van der Waals surface area contributed by atoms with Gasteiger partial charge in [0, 0.05) is 11.0 Å². The van der Waals surface area contributed by atoms with Gasteiger partial charge in [-0.3, -0.25) is 0 Å². The molecule has 1 fully saturated rings. The Balaban J connectivity index is 1.67. The van der Waals surface area contributed by atoms with Crippen LogP contribution in [0.5, 0.6) is 0 Å². The normalized spacial score (nSPS) is 24.8. The first-order chi connectivity index (χ1) is 8.24. The van der Waals surface area contributed by atoms with E-state index in [2.05, 4.69) is 45.5 Å². The molecular weight excluding hydrogens is 278 g/mol. The van der Waals surface area contributed by atoms with Crippen molar-refractivity contribution in [1.82, 2.24) is 5.32 Å². The molecule has 0 amide bonds. The highest BCUT2D eigenvalue weighted by Crippen LogP contribution is 2.23. The van der Waals surface area contributed by atoms with Gasteiger partial charge in [-0.1, -0.05) is 28.1 Å². The molecule has 0 heterocycles. The summed E-state index contributed by atoms with van der Waals surface area (Å²) in [5, 5.41) is 12.9. The monoisotopic (exact) mass is 297 g/mol. The standard InChI is InChI=1S/C14H20BrNO/c15-13-5-1-11(2-6-13)9-16-10-12-3-7-14(17)8-4-12/h1-2,5-6,12,14,16-17H,3-4,7-10H2. The largest absolute Gasteiger partial charge is 0.393 e. The van der Waals surface area contributed by atoms with Crippen molar-refractivity contribution in [3.8, 4) is 0 Å². The van der Waals surface area contributed by atoms with Crippen LogP contribution in [0.1, 0.15) is 31.2 Å². The lowest BCUT2D eigenvalue weighted by Gasteiger charge is -2.25. The first-order valence-electron chi connectivity index (χ1n) is 6.37. The van der Waals surface area contributed by atoms with Crippen molar-refractivity contribution in [1.29, 1.82) is 0 Å². The van der Waals surface area contributed by atoms with Gasteiger partial charge in [0.2, 0.25) is 0 Å². The summed E-state index contributed by atoms with van der Waals surface area (Å²) in [5.41, 5.74) is 1.32. The van der Waals surface area contributed by atoms with Crippen molar-refractivity contribution in [2.75, 3.05) is 6.54 Å². The van der Waals surface area contributed by atoms with E-state index in [1.807, 2.05) is 0 Å². The molecule has 0 atom stereocenters. The van der Waals surface area contributed by atoms with Gasteiger partial charge in [-0.05, 0) is 55.8 Å². The Kier molecular flexibility index (Phi) is 5.01. The molecule has 17 heavy (non-hydrogen) atoms. The van der Waals surface area contributed by atoms with Gasteiger partial charge in [-0.25, -0.2) is 0 Å². The Labute approximate surface area is 112 Å². The Morgan fingerprint density at radius 3 is 2.41 bits per heavy atom. The summed E-state index contributed by atoms with van der Waals surface area (Å²) in [6.45, 7) is 2.01. The minimum Gasteiger partial charge on any atom is -0.393 e. The van der Waals surface area contributed by atoms with E-state index in [9.17, 15) is 5.11 Å². The summed E-state index contributed by atoms with van der Waals surface area (Å²) >= 11 is 3.44. The summed E-state index contributed by atoms with van der Waals surface area (Å²) in [6, 6.07) is 8.44. The average Bonchev–Trinajstić information content (AvgIpc) is 2.34. The first kappa shape index (κ1) is 13.1. The van der Waals surface area contributed by atoms with Crippen LogP contribution in [0, 0.1) is 5.92 Å². The van der Waals surface area contributed by atoms with Crippen LogP contribution in [0.25, 0.3) is 0 Å². The van der Waals surface area contributed by atoms with Crippen LogP contribution in [0.4, 0.5) is 0 Å². The van der Waals surface area contributed by atoms with Crippen molar-refractivity contribution in [3.63, 3.8) is 0 Å². The number of hydrogen-bond acceptors (Lipinski definition) is 2. The highest BCUT2D eigenvalue weighted by Gasteiger charge is 2.18. The van der Waals surface area contributed by atoms with Crippen molar-refractivity contribution in [2.24, 2.45) is 5.92 Å². The molecule has 0 unspecified atom stereocenters. The van der Waals surface area contributed by atoms with Gasteiger partial charge >= 0.3 is 0 Å². The van der Waals surface area contributed by atoms with E-state index in [-0.39, 0.29) is 6.10 Å². The molecule has 3 heteroatoms. The maximum absolute atomic E-state index is 9.43. The van der Waals surface area contributed by atoms with Crippen LogP contribution in [-0.4, -0.2) is 17.8 Å². The highest BCUT2D eigenvalue weighted by molar-refractivity contribution is 9.10. The molecule has 1 aromatic rings. The molecule has 0 radical (unpaired) electrons. The Hall–Kier alpha value is -0.380. The molecule has 0 spiro atoms. The van der Waals surface area contributed by atoms with Crippen LogP contribution >= 0.6 is 15.9 Å². The fourth-order valence-electron chi connectivity index (χ4n) is 2.37. The lowest BCUT2D eigenvalue weighted by molar-refractivity contribution is 0.108. The molecule has 2 N–H and O–H groups in total. The third-order valence-corrected chi connectivity index (χ3v) is 4.02. The smallest absolute Gasteiger partial charge is 0.0540 e. The summed E-state index contributed by atoms with van der Waals surface area (Å²) in [7, 11) is 0. The quantitative estimate of drug-likeness (QED) is 0.895. The SMILES string of the molecule is OC1CCC(CNCc2ccc(Br)cc2)CC1. The first-order valence-corrected chi connectivity index (χ1v) is 7.16. The fourth-order valence-corrected chi connectivity index (χ4v) is 2.64. The molecular formula is C14H20BrNO. The van der Waals surface area contributed by atoms with Crippen molar-refractivity contribution in [3.05, 3.63) is 34.3 Å². The minimum absolute atomic E-state index is 0.0438. The molecule has 1 saturated carbocycles. The molecule has 0 saturated heterocycles. The van der Waals surface area contributed by atoms with Crippen LogP contribution in [0.2, 0.25) is 0 Å². The van der Waals surface area contributed by atoms with Gasteiger partial charge in [-0.2, -0.15) is 0 Å². The molecule has 1 aliphatic rings. The number of hydrogen-bond donors (Lipinski definition) is 2. The van der Waals surface area contributed by atoms with Gasteiger partial charge in [0.1, 0.15) is 0 Å². The van der Waals surface area contributed by atoms with E-state index < -0.39 is 0 Å². The van der Waals surface area contributed by atoms with E-state index in [0.717, 1.165) is 49.2 Å². The van der Waals surface area contributed by atoms with Gasteiger partial charge < -0.3 is 10.4 Å². The van der Waals surface area contributed by atoms with E-state index in [4.69, 9.17) is 0 Å². The molecule has 1 aliphatic carbocycles. The number of aliphatic hydroxyl groups is 1. The van der Waals surface area contributed by atoms with Crippen molar-refractivity contribution < 1.29 is 5.11 Å². The van der Waals surface area contributed by atoms with Crippen LogP contribution < -0.4 is 5.32 Å². The highest BCUT2D eigenvalue weighted by atomic mass is 79.9. The lowest BCUT2D eigenvalue weighted by atomic mass is 9.87. The topological polar surface area (TPSA) is 32.3 Å². The number of benzene rings is 1. The predicted molar refractivity (Wildman–Crippen MR) is 73.8 cm³/mol. The average molecular weight is 298 g/mol. The second-order valence-corrected chi connectivity index (χ2v) is 5.85. The Bertz CT molecular complexity index is 331. The molecule has 0 aliphatic heterocycles. The minimum atomic E-state index is -0.0438. The maximum Gasteiger partial charge on any atom is 0.0540 e. The second-order valence-electron chi connectivity index (χ2n) is 4.93. The van der Waals surface area contributed by atoms with Gasteiger partial charge in [0.05, 0.1) is 6.10 Å². The van der Waals surface area contributed by atoms with Crippen LogP contribution in [0.15, 0.2) is 28.7 Å². The Morgan fingerprint density at radius 1 is 1.12 bits per heavy atom. The number of nitrogens with one attached hydrogen (secondary N) is 1. The molecule has 2 nitrogen and oxygen atoms in total. The van der Waals surface area contributed by atoms with E-state index >= 15 is 0 Å². The number of aliphatic hydroxyl groups excluding tert-OH is 1. The zero-order chi connectivity index (χ0) is 12.1. The third-order valence-electron chi connectivity index (χ3n) is 3.49. The molecule has 2 rings (SSSR count).